The van der Waals surface area contributed by atoms with Crippen LogP contribution < -0.4 is 5.32 Å². The molecule has 3 N–H and O–H groups in total. The Bertz CT molecular complexity index is 365. The highest BCUT2D eigenvalue weighted by Gasteiger charge is 2.08. The van der Waals surface area contributed by atoms with Crippen LogP contribution in [0.15, 0.2) is 24.3 Å². The van der Waals surface area contributed by atoms with Crippen molar-refractivity contribution in [3.63, 3.8) is 0 Å². The predicted octanol–water partition coefficient (Wildman–Crippen LogP) is 1.64. The summed E-state index contributed by atoms with van der Waals surface area (Å²) in [4.78, 5) is 10.9. The van der Waals surface area contributed by atoms with Crippen molar-refractivity contribution >= 4 is 5.97 Å². The molecule has 1 unspecified atom stereocenters. The third kappa shape index (κ3) is 4.54. The summed E-state index contributed by atoms with van der Waals surface area (Å²) < 4.78 is 0. The minimum atomic E-state index is -0.906. The minimum absolute atomic E-state index is 0.280. The van der Waals surface area contributed by atoms with E-state index in [1.54, 1.807) is 18.2 Å². The van der Waals surface area contributed by atoms with Crippen LogP contribution in [0.5, 0.6) is 0 Å². The zero-order chi connectivity index (χ0) is 12.7. The lowest BCUT2D eigenvalue weighted by Crippen LogP contribution is -2.21. The van der Waals surface area contributed by atoms with Gasteiger partial charge in [-0.2, -0.15) is 0 Å². The van der Waals surface area contributed by atoms with E-state index in [0.29, 0.717) is 25.1 Å². The summed E-state index contributed by atoms with van der Waals surface area (Å²) in [6, 6.07) is 6.94. The molecule has 0 saturated carbocycles. The number of carboxylic acid groups (broad SMARTS) is 1. The molecule has 0 aliphatic carbocycles. The van der Waals surface area contributed by atoms with E-state index in [2.05, 4.69) is 5.32 Å². The van der Waals surface area contributed by atoms with Crippen LogP contribution in [0.4, 0.5) is 0 Å². The highest BCUT2D eigenvalue weighted by Crippen LogP contribution is 2.08. The van der Waals surface area contributed by atoms with Crippen LogP contribution in [-0.4, -0.2) is 28.8 Å². The second-order valence-electron chi connectivity index (χ2n) is 3.99. The van der Waals surface area contributed by atoms with E-state index in [1.807, 2.05) is 13.0 Å². The average molecular weight is 237 g/mol. The van der Waals surface area contributed by atoms with E-state index in [-0.39, 0.29) is 6.10 Å². The van der Waals surface area contributed by atoms with Gasteiger partial charge in [0, 0.05) is 6.54 Å². The van der Waals surface area contributed by atoms with Crippen LogP contribution in [0.25, 0.3) is 0 Å². The lowest BCUT2D eigenvalue weighted by molar-refractivity contribution is 0.0695. The Morgan fingerprint density at radius 1 is 1.41 bits per heavy atom. The number of rotatable bonds is 7. The van der Waals surface area contributed by atoms with Gasteiger partial charge in [-0.1, -0.05) is 25.1 Å². The van der Waals surface area contributed by atoms with Crippen molar-refractivity contribution in [2.45, 2.75) is 32.4 Å². The van der Waals surface area contributed by atoms with E-state index in [0.717, 1.165) is 12.0 Å². The van der Waals surface area contributed by atoms with Gasteiger partial charge in [-0.05, 0) is 31.0 Å². The molecule has 0 spiro atoms. The molecule has 0 radical (unpaired) electrons. The fraction of sp³-hybridized carbons (Fsp3) is 0.462. The molecule has 4 heteroatoms. The minimum Gasteiger partial charge on any atom is -0.478 e. The Morgan fingerprint density at radius 3 is 2.76 bits per heavy atom. The maximum Gasteiger partial charge on any atom is 0.336 e. The Balaban J connectivity index is 2.44. The molecule has 4 nitrogen and oxygen atoms in total. The molecule has 1 aromatic carbocycles. The summed E-state index contributed by atoms with van der Waals surface area (Å²) in [5.41, 5.74) is 1.10. The average Bonchev–Trinajstić information content (AvgIpc) is 2.34. The summed E-state index contributed by atoms with van der Waals surface area (Å²) in [7, 11) is 0. The highest BCUT2D eigenvalue weighted by molar-refractivity contribution is 5.89. The maximum atomic E-state index is 10.9. The van der Waals surface area contributed by atoms with Crippen molar-refractivity contribution in [1.29, 1.82) is 0 Å². The maximum absolute atomic E-state index is 10.9. The Kier molecular flexibility index (Phi) is 5.66. The normalized spacial score (nSPS) is 12.4. The Morgan fingerprint density at radius 2 is 2.12 bits per heavy atom. The van der Waals surface area contributed by atoms with E-state index in [1.165, 1.54) is 0 Å². The smallest absolute Gasteiger partial charge is 0.336 e. The van der Waals surface area contributed by atoms with Gasteiger partial charge < -0.3 is 15.5 Å². The van der Waals surface area contributed by atoms with Gasteiger partial charge in [-0.15, -0.1) is 0 Å². The summed E-state index contributed by atoms with van der Waals surface area (Å²) in [5.74, 6) is -0.906. The second kappa shape index (κ2) is 7.04. The van der Waals surface area contributed by atoms with Crippen LogP contribution in [-0.2, 0) is 6.54 Å². The van der Waals surface area contributed by atoms with Crippen molar-refractivity contribution < 1.29 is 15.0 Å². The number of hydrogen-bond acceptors (Lipinski definition) is 3. The van der Waals surface area contributed by atoms with Gasteiger partial charge in [0.25, 0.3) is 0 Å². The number of benzene rings is 1. The summed E-state index contributed by atoms with van der Waals surface area (Å²) in [6.45, 7) is 3.13. The van der Waals surface area contributed by atoms with E-state index >= 15 is 0 Å². The van der Waals surface area contributed by atoms with Crippen LogP contribution in [0.3, 0.4) is 0 Å². The van der Waals surface area contributed by atoms with Crippen molar-refractivity contribution in [3.05, 3.63) is 35.4 Å². The number of hydrogen-bond donors (Lipinski definition) is 3. The van der Waals surface area contributed by atoms with Crippen LogP contribution >= 0.6 is 0 Å². The van der Waals surface area contributed by atoms with Gasteiger partial charge in [0.1, 0.15) is 0 Å². The topological polar surface area (TPSA) is 69.6 Å². The van der Waals surface area contributed by atoms with Crippen LogP contribution in [0, 0.1) is 0 Å². The molecule has 1 aromatic rings. The molecule has 0 fully saturated rings. The van der Waals surface area contributed by atoms with Gasteiger partial charge in [-0.3, -0.25) is 0 Å². The molecular formula is C13H19NO3. The number of carbonyl (C=O) groups is 1. The zero-order valence-electron chi connectivity index (χ0n) is 10.0. The first-order chi connectivity index (χ1) is 8.15. The molecular weight excluding hydrogens is 218 g/mol. The monoisotopic (exact) mass is 237 g/mol. The molecule has 1 atom stereocenters. The standard InChI is InChI=1S/C13H19NO3/c1-2-11(15)7-8-14-9-10-5-3-4-6-12(10)13(16)17/h3-6,11,14-15H,2,7-9H2,1H3,(H,16,17). The predicted molar refractivity (Wildman–Crippen MR) is 66.0 cm³/mol. The van der Waals surface area contributed by atoms with E-state index < -0.39 is 5.97 Å². The first kappa shape index (κ1) is 13.7. The first-order valence-corrected chi connectivity index (χ1v) is 5.85. The van der Waals surface area contributed by atoms with Crippen molar-refractivity contribution in [2.75, 3.05) is 6.54 Å². The molecule has 0 saturated heterocycles. The van der Waals surface area contributed by atoms with Crippen molar-refractivity contribution in [3.8, 4) is 0 Å². The van der Waals surface area contributed by atoms with Gasteiger partial charge in [0.05, 0.1) is 11.7 Å². The van der Waals surface area contributed by atoms with Crippen molar-refractivity contribution in [1.82, 2.24) is 5.32 Å². The zero-order valence-corrected chi connectivity index (χ0v) is 10.0. The third-order valence-electron chi connectivity index (χ3n) is 2.69. The number of nitrogens with one attached hydrogen (secondary N) is 1. The molecule has 1 rings (SSSR count). The van der Waals surface area contributed by atoms with E-state index in [9.17, 15) is 9.90 Å². The quantitative estimate of drug-likeness (QED) is 0.630. The van der Waals surface area contributed by atoms with Gasteiger partial charge in [0.2, 0.25) is 0 Å². The second-order valence-corrected chi connectivity index (χ2v) is 3.99. The third-order valence-corrected chi connectivity index (χ3v) is 2.69. The molecule has 17 heavy (non-hydrogen) atoms. The largest absolute Gasteiger partial charge is 0.478 e. The van der Waals surface area contributed by atoms with Crippen molar-refractivity contribution in [2.24, 2.45) is 0 Å². The van der Waals surface area contributed by atoms with Gasteiger partial charge in [-0.25, -0.2) is 4.79 Å². The molecule has 0 amide bonds. The van der Waals surface area contributed by atoms with E-state index in [4.69, 9.17) is 5.11 Å². The fourth-order valence-electron chi connectivity index (χ4n) is 1.58. The molecule has 0 aromatic heterocycles. The Hall–Kier alpha value is -1.39. The summed E-state index contributed by atoms with van der Waals surface area (Å²) >= 11 is 0. The SMILES string of the molecule is CCC(O)CCNCc1ccccc1C(=O)O. The van der Waals surface area contributed by atoms with Gasteiger partial charge >= 0.3 is 5.97 Å². The van der Waals surface area contributed by atoms with Crippen LogP contribution in [0.1, 0.15) is 35.7 Å². The number of carboxylic acids is 1. The lowest BCUT2D eigenvalue weighted by atomic mass is 10.1. The molecule has 94 valence electrons. The lowest BCUT2D eigenvalue weighted by Gasteiger charge is -2.10. The highest BCUT2D eigenvalue weighted by atomic mass is 16.4. The first-order valence-electron chi connectivity index (χ1n) is 5.85. The molecule has 0 aliphatic heterocycles. The van der Waals surface area contributed by atoms with Gasteiger partial charge in [0.15, 0.2) is 0 Å². The fourth-order valence-corrected chi connectivity index (χ4v) is 1.58. The summed E-state index contributed by atoms with van der Waals surface area (Å²) in [5, 5.41) is 21.5. The number of aliphatic hydroxyl groups excluding tert-OH is 1. The molecule has 0 heterocycles. The Labute approximate surface area is 101 Å². The molecule has 0 aliphatic rings. The van der Waals surface area contributed by atoms with Crippen LogP contribution in [0.2, 0.25) is 0 Å². The molecule has 0 bridgehead atoms. The number of aromatic carboxylic acids is 1. The number of aliphatic hydroxyl groups is 1. The summed E-state index contributed by atoms with van der Waals surface area (Å²) in [6.07, 6.45) is 1.15.